The van der Waals surface area contributed by atoms with E-state index < -0.39 is 6.10 Å². The molecule has 1 unspecified atom stereocenters. The zero-order valence-electron chi connectivity index (χ0n) is 11.2. The summed E-state index contributed by atoms with van der Waals surface area (Å²) in [7, 11) is 1.58. The second-order valence-corrected chi connectivity index (χ2v) is 7.57. The molecular weight excluding hydrogens is 443 g/mol. The molecule has 7 heteroatoms. The average Bonchev–Trinajstić information content (AvgIpc) is 2.88. The molecular formula is C14H11Br2ClO3S. The van der Waals surface area contributed by atoms with E-state index >= 15 is 0 Å². The Morgan fingerprint density at radius 3 is 2.43 bits per heavy atom. The highest BCUT2D eigenvalue weighted by atomic mass is 79.9. The number of hydrogen-bond donors (Lipinski definition) is 0. The van der Waals surface area contributed by atoms with E-state index in [9.17, 15) is 4.79 Å². The van der Waals surface area contributed by atoms with E-state index in [-0.39, 0.29) is 5.78 Å². The maximum Gasteiger partial charge on any atom is 0.212 e. The number of methoxy groups -OCH3 is 1. The van der Waals surface area contributed by atoms with Gasteiger partial charge in [-0.2, -0.15) is 0 Å². The molecule has 1 aromatic carbocycles. The summed E-state index contributed by atoms with van der Waals surface area (Å²) >= 11 is 13.9. The number of halogens is 3. The Morgan fingerprint density at radius 1 is 1.24 bits per heavy atom. The highest BCUT2D eigenvalue weighted by Crippen LogP contribution is 2.36. The number of carbonyl (C=O) groups excluding carboxylic acids is 1. The topological polar surface area (TPSA) is 35.5 Å². The minimum Gasteiger partial charge on any atom is -0.496 e. The lowest BCUT2D eigenvalue weighted by molar-refractivity contribution is 0.0821. The fraction of sp³-hybridized carbons (Fsp3) is 0.214. The second kappa shape index (κ2) is 7.13. The van der Waals surface area contributed by atoms with Crippen LogP contribution in [0.3, 0.4) is 0 Å². The van der Waals surface area contributed by atoms with Crippen molar-refractivity contribution in [2.75, 3.05) is 7.11 Å². The number of hydrogen-bond acceptors (Lipinski definition) is 4. The zero-order chi connectivity index (χ0) is 15.6. The second-order valence-electron chi connectivity index (χ2n) is 4.15. The number of thiophene rings is 1. The van der Waals surface area contributed by atoms with Gasteiger partial charge in [-0.3, -0.25) is 4.79 Å². The summed E-state index contributed by atoms with van der Waals surface area (Å²) in [4.78, 5) is 12.8. The summed E-state index contributed by atoms with van der Waals surface area (Å²) in [5.41, 5.74) is 0. The van der Waals surface area contributed by atoms with Crippen molar-refractivity contribution < 1.29 is 14.3 Å². The molecule has 0 amide bonds. The van der Waals surface area contributed by atoms with Gasteiger partial charge in [-0.15, -0.1) is 11.3 Å². The molecule has 0 aliphatic carbocycles. The van der Waals surface area contributed by atoms with Crippen LogP contribution >= 0.6 is 54.8 Å². The van der Waals surface area contributed by atoms with Crippen LogP contribution in [0.25, 0.3) is 0 Å². The summed E-state index contributed by atoms with van der Waals surface area (Å²) in [6, 6.07) is 6.94. The van der Waals surface area contributed by atoms with E-state index in [1.54, 1.807) is 38.3 Å². The summed E-state index contributed by atoms with van der Waals surface area (Å²) in [6.07, 6.45) is -0.615. The van der Waals surface area contributed by atoms with Crippen molar-refractivity contribution >= 4 is 60.6 Å². The Kier molecular flexibility index (Phi) is 5.71. The molecule has 2 rings (SSSR count). The molecule has 3 nitrogen and oxygen atoms in total. The third-order valence-corrected chi connectivity index (χ3v) is 5.18. The minimum absolute atomic E-state index is 0.106. The van der Waals surface area contributed by atoms with Crippen molar-refractivity contribution in [3.63, 3.8) is 0 Å². The number of benzene rings is 1. The Balaban J connectivity index is 2.18. The summed E-state index contributed by atoms with van der Waals surface area (Å²) in [5.74, 6) is 1.13. The standard InChI is InChI=1S/C14H11Br2ClO3S/c1-7(14(18)12-3-4-13(17)21-12)20-11-6-8(15)10(19-2)5-9(11)16/h3-7H,1-2H3. The van der Waals surface area contributed by atoms with Crippen LogP contribution in [-0.4, -0.2) is 19.0 Å². The lowest BCUT2D eigenvalue weighted by Crippen LogP contribution is -2.23. The minimum atomic E-state index is -0.615. The van der Waals surface area contributed by atoms with Crippen LogP contribution in [-0.2, 0) is 0 Å². The molecule has 0 aliphatic heterocycles. The Hall–Kier alpha value is -0.560. The number of carbonyl (C=O) groups is 1. The third-order valence-electron chi connectivity index (χ3n) is 2.70. The van der Waals surface area contributed by atoms with Gasteiger partial charge in [0.1, 0.15) is 11.5 Å². The molecule has 1 atom stereocenters. The summed E-state index contributed by atoms with van der Waals surface area (Å²) in [5, 5.41) is 0. The van der Waals surface area contributed by atoms with Gasteiger partial charge in [-0.1, -0.05) is 11.6 Å². The Morgan fingerprint density at radius 2 is 1.86 bits per heavy atom. The van der Waals surface area contributed by atoms with E-state index in [1.807, 2.05) is 0 Å². The van der Waals surface area contributed by atoms with Crippen molar-refractivity contribution in [2.45, 2.75) is 13.0 Å². The van der Waals surface area contributed by atoms with Crippen molar-refractivity contribution in [1.82, 2.24) is 0 Å². The smallest absolute Gasteiger partial charge is 0.212 e. The van der Waals surface area contributed by atoms with E-state index in [2.05, 4.69) is 31.9 Å². The quantitative estimate of drug-likeness (QED) is 0.553. The van der Waals surface area contributed by atoms with E-state index in [1.165, 1.54) is 11.3 Å². The fourth-order valence-electron chi connectivity index (χ4n) is 1.65. The first kappa shape index (κ1) is 16.8. The van der Waals surface area contributed by atoms with Crippen molar-refractivity contribution in [3.8, 4) is 11.5 Å². The van der Waals surface area contributed by atoms with Crippen LogP contribution in [0.5, 0.6) is 11.5 Å². The predicted molar refractivity (Wildman–Crippen MR) is 92.1 cm³/mol. The molecule has 21 heavy (non-hydrogen) atoms. The monoisotopic (exact) mass is 452 g/mol. The molecule has 0 fully saturated rings. The first-order chi connectivity index (χ1) is 9.92. The highest BCUT2D eigenvalue weighted by molar-refractivity contribution is 9.11. The van der Waals surface area contributed by atoms with Crippen LogP contribution in [0.1, 0.15) is 16.6 Å². The van der Waals surface area contributed by atoms with Crippen LogP contribution in [0.15, 0.2) is 33.2 Å². The summed E-state index contributed by atoms with van der Waals surface area (Å²) in [6.45, 7) is 1.71. The fourth-order valence-corrected chi connectivity index (χ4v) is 3.61. The van der Waals surface area contributed by atoms with Crippen LogP contribution in [0.2, 0.25) is 4.34 Å². The van der Waals surface area contributed by atoms with Gasteiger partial charge in [0, 0.05) is 0 Å². The molecule has 1 aromatic heterocycles. The number of rotatable bonds is 5. The molecule has 0 saturated carbocycles. The van der Waals surface area contributed by atoms with Gasteiger partial charge in [0.25, 0.3) is 0 Å². The molecule has 0 spiro atoms. The molecule has 1 heterocycles. The number of ketones is 1. The predicted octanol–water partition coefficient (Wildman–Crippen LogP) is 5.59. The Labute approximate surface area is 148 Å². The van der Waals surface area contributed by atoms with Gasteiger partial charge < -0.3 is 9.47 Å². The molecule has 0 bridgehead atoms. The molecule has 112 valence electrons. The van der Waals surface area contributed by atoms with Gasteiger partial charge >= 0.3 is 0 Å². The van der Waals surface area contributed by atoms with Crippen molar-refractivity contribution in [3.05, 3.63) is 42.4 Å². The lowest BCUT2D eigenvalue weighted by atomic mass is 10.2. The normalized spacial score (nSPS) is 12.0. The number of Topliss-reactive ketones (excluding diaryl/α,β-unsaturated/α-hetero) is 1. The van der Waals surface area contributed by atoms with Crippen molar-refractivity contribution in [2.24, 2.45) is 0 Å². The molecule has 0 N–H and O–H groups in total. The van der Waals surface area contributed by atoms with E-state index in [0.717, 1.165) is 4.47 Å². The maximum absolute atomic E-state index is 12.3. The van der Waals surface area contributed by atoms with Gasteiger partial charge in [0.15, 0.2) is 6.10 Å². The van der Waals surface area contributed by atoms with Gasteiger partial charge in [-0.05, 0) is 63.0 Å². The Bertz CT molecular complexity index is 672. The first-order valence-corrected chi connectivity index (χ1v) is 8.69. The average molecular weight is 455 g/mol. The number of ether oxygens (including phenoxy) is 2. The first-order valence-electron chi connectivity index (χ1n) is 5.91. The van der Waals surface area contributed by atoms with Crippen LogP contribution < -0.4 is 9.47 Å². The molecule has 2 aromatic rings. The van der Waals surface area contributed by atoms with E-state index in [0.29, 0.717) is 25.2 Å². The zero-order valence-corrected chi connectivity index (χ0v) is 15.9. The highest BCUT2D eigenvalue weighted by Gasteiger charge is 2.20. The van der Waals surface area contributed by atoms with Gasteiger partial charge in [-0.25, -0.2) is 0 Å². The van der Waals surface area contributed by atoms with Gasteiger partial charge in [0.2, 0.25) is 5.78 Å². The van der Waals surface area contributed by atoms with E-state index in [4.69, 9.17) is 21.1 Å². The lowest BCUT2D eigenvalue weighted by Gasteiger charge is -2.15. The van der Waals surface area contributed by atoms with Gasteiger partial charge in [0.05, 0.1) is 25.3 Å². The maximum atomic E-state index is 12.3. The summed E-state index contributed by atoms with van der Waals surface area (Å²) < 4.78 is 13.0. The SMILES string of the molecule is COc1cc(Br)c(OC(C)C(=O)c2ccc(Cl)s2)cc1Br. The third kappa shape index (κ3) is 4.00. The molecule has 0 aliphatic rings. The molecule has 0 radical (unpaired) electrons. The van der Waals surface area contributed by atoms with Crippen LogP contribution in [0, 0.1) is 0 Å². The van der Waals surface area contributed by atoms with Crippen molar-refractivity contribution in [1.29, 1.82) is 0 Å². The molecule has 0 saturated heterocycles. The van der Waals surface area contributed by atoms with Crippen LogP contribution in [0.4, 0.5) is 0 Å². The largest absolute Gasteiger partial charge is 0.496 e.